The summed E-state index contributed by atoms with van der Waals surface area (Å²) >= 11 is 0. The number of methoxy groups -OCH3 is 1. The highest BCUT2D eigenvalue weighted by Gasteiger charge is 2.47. The largest absolute Gasteiger partial charge is 0.381 e. The number of hydrogen-bond donors (Lipinski definition) is 2. The van der Waals surface area contributed by atoms with E-state index in [-0.39, 0.29) is 11.0 Å². The number of rotatable bonds is 6. The molecule has 0 spiro atoms. The standard InChI is InChI=1S/C13H28N2O/c1-12(2,14)7-6-8-15-10-9-11(16-5)13(10,3)4/h10-11,15H,6-9,14H2,1-5H3. The molecule has 0 bridgehead atoms. The molecule has 0 aliphatic heterocycles. The van der Waals surface area contributed by atoms with Gasteiger partial charge in [0.1, 0.15) is 0 Å². The van der Waals surface area contributed by atoms with Crippen LogP contribution in [0, 0.1) is 5.41 Å². The molecule has 0 saturated heterocycles. The Kier molecular flexibility index (Phi) is 4.38. The van der Waals surface area contributed by atoms with Crippen molar-refractivity contribution in [2.24, 2.45) is 11.1 Å². The van der Waals surface area contributed by atoms with E-state index in [2.05, 4.69) is 33.0 Å². The van der Waals surface area contributed by atoms with Crippen molar-refractivity contribution in [2.45, 2.75) is 64.6 Å². The molecule has 96 valence electrons. The van der Waals surface area contributed by atoms with Gasteiger partial charge in [-0.3, -0.25) is 0 Å². The van der Waals surface area contributed by atoms with Gasteiger partial charge in [0.05, 0.1) is 6.10 Å². The maximum Gasteiger partial charge on any atom is 0.0652 e. The molecule has 0 aromatic rings. The highest BCUT2D eigenvalue weighted by molar-refractivity contribution is 5.02. The minimum Gasteiger partial charge on any atom is -0.381 e. The first-order valence-corrected chi connectivity index (χ1v) is 6.32. The fourth-order valence-corrected chi connectivity index (χ4v) is 2.45. The molecule has 1 fully saturated rings. The third-order valence-corrected chi connectivity index (χ3v) is 3.85. The summed E-state index contributed by atoms with van der Waals surface area (Å²) in [6.07, 6.45) is 3.76. The van der Waals surface area contributed by atoms with Crippen LogP contribution < -0.4 is 11.1 Å². The van der Waals surface area contributed by atoms with Crippen molar-refractivity contribution < 1.29 is 4.74 Å². The molecule has 3 N–H and O–H groups in total. The smallest absolute Gasteiger partial charge is 0.0652 e. The van der Waals surface area contributed by atoms with Crippen LogP contribution in [0.25, 0.3) is 0 Å². The highest BCUT2D eigenvalue weighted by atomic mass is 16.5. The van der Waals surface area contributed by atoms with Gasteiger partial charge < -0.3 is 15.8 Å². The zero-order valence-electron chi connectivity index (χ0n) is 11.5. The molecule has 0 aromatic heterocycles. The van der Waals surface area contributed by atoms with Crippen LogP contribution in [0.4, 0.5) is 0 Å². The van der Waals surface area contributed by atoms with Crippen molar-refractivity contribution in [1.82, 2.24) is 5.32 Å². The Morgan fingerprint density at radius 1 is 1.44 bits per heavy atom. The summed E-state index contributed by atoms with van der Waals surface area (Å²) in [5.74, 6) is 0. The molecule has 2 unspecified atom stereocenters. The van der Waals surface area contributed by atoms with E-state index < -0.39 is 0 Å². The second-order valence-corrected chi connectivity index (χ2v) is 6.38. The number of hydrogen-bond acceptors (Lipinski definition) is 3. The summed E-state index contributed by atoms with van der Waals surface area (Å²) in [5.41, 5.74) is 6.18. The molecule has 3 nitrogen and oxygen atoms in total. The van der Waals surface area contributed by atoms with Gasteiger partial charge in [-0.2, -0.15) is 0 Å². The lowest BCUT2D eigenvalue weighted by molar-refractivity contribution is -0.0973. The van der Waals surface area contributed by atoms with E-state index >= 15 is 0 Å². The topological polar surface area (TPSA) is 47.3 Å². The summed E-state index contributed by atoms with van der Waals surface area (Å²) in [7, 11) is 1.81. The SMILES string of the molecule is COC1CC(NCCCC(C)(C)N)C1(C)C. The second-order valence-electron chi connectivity index (χ2n) is 6.38. The normalized spacial score (nSPS) is 28.9. The molecule has 1 rings (SSSR count). The Labute approximate surface area is 100 Å². The fourth-order valence-electron chi connectivity index (χ4n) is 2.45. The summed E-state index contributed by atoms with van der Waals surface area (Å²) in [6.45, 7) is 9.78. The van der Waals surface area contributed by atoms with Gasteiger partial charge in [-0.15, -0.1) is 0 Å². The molecule has 0 radical (unpaired) electrons. The van der Waals surface area contributed by atoms with Crippen molar-refractivity contribution >= 4 is 0 Å². The zero-order valence-corrected chi connectivity index (χ0v) is 11.5. The maximum absolute atomic E-state index is 5.95. The van der Waals surface area contributed by atoms with Crippen LogP contribution in [0.5, 0.6) is 0 Å². The van der Waals surface area contributed by atoms with E-state index in [0.29, 0.717) is 12.1 Å². The quantitative estimate of drug-likeness (QED) is 0.683. The van der Waals surface area contributed by atoms with Gasteiger partial charge >= 0.3 is 0 Å². The van der Waals surface area contributed by atoms with E-state index in [1.165, 1.54) is 0 Å². The van der Waals surface area contributed by atoms with Gasteiger partial charge in [0.25, 0.3) is 0 Å². The van der Waals surface area contributed by atoms with Crippen LogP contribution in [-0.2, 0) is 4.74 Å². The number of nitrogens with two attached hydrogens (primary N) is 1. The van der Waals surface area contributed by atoms with Gasteiger partial charge in [-0.05, 0) is 39.7 Å². The van der Waals surface area contributed by atoms with Gasteiger partial charge in [-0.25, -0.2) is 0 Å². The van der Waals surface area contributed by atoms with Gasteiger partial charge in [0.15, 0.2) is 0 Å². The fraction of sp³-hybridized carbons (Fsp3) is 1.00. The number of ether oxygens (including phenoxy) is 1. The maximum atomic E-state index is 5.95. The molecular formula is C13H28N2O. The second kappa shape index (κ2) is 5.03. The summed E-state index contributed by atoms with van der Waals surface area (Å²) in [6, 6.07) is 0.596. The minimum absolute atomic E-state index is 0.0358. The van der Waals surface area contributed by atoms with Gasteiger partial charge in [0.2, 0.25) is 0 Å². The van der Waals surface area contributed by atoms with Crippen molar-refractivity contribution in [3.05, 3.63) is 0 Å². The van der Waals surface area contributed by atoms with E-state index in [1.54, 1.807) is 7.11 Å². The first-order chi connectivity index (χ1) is 7.27. The zero-order chi connectivity index (χ0) is 12.4. The van der Waals surface area contributed by atoms with Crippen LogP contribution >= 0.6 is 0 Å². The molecular weight excluding hydrogens is 200 g/mol. The van der Waals surface area contributed by atoms with Crippen LogP contribution in [0.3, 0.4) is 0 Å². The van der Waals surface area contributed by atoms with E-state index in [1.807, 2.05) is 0 Å². The molecule has 1 aliphatic carbocycles. The van der Waals surface area contributed by atoms with Crippen LogP contribution in [0.15, 0.2) is 0 Å². The molecule has 0 aromatic carbocycles. The Hall–Kier alpha value is -0.120. The lowest BCUT2D eigenvalue weighted by atomic mass is 9.64. The molecule has 16 heavy (non-hydrogen) atoms. The molecule has 3 heteroatoms. The molecule has 0 heterocycles. The van der Waals surface area contributed by atoms with Crippen molar-refractivity contribution in [2.75, 3.05) is 13.7 Å². The summed E-state index contributed by atoms with van der Waals surface area (Å²) in [5, 5.41) is 3.61. The predicted molar refractivity (Wildman–Crippen MR) is 68.5 cm³/mol. The molecule has 1 aliphatic rings. The Bertz CT molecular complexity index is 220. The van der Waals surface area contributed by atoms with Crippen LogP contribution in [0.1, 0.15) is 47.0 Å². The molecule has 1 saturated carbocycles. The van der Waals surface area contributed by atoms with E-state index in [9.17, 15) is 0 Å². The predicted octanol–water partition coefficient (Wildman–Crippen LogP) is 1.91. The van der Waals surface area contributed by atoms with Crippen molar-refractivity contribution in [3.63, 3.8) is 0 Å². The average Bonchev–Trinajstić information content (AvgIpc) is 2.13. The lowest BCUT2D eigenvalue weighted by Crippen LogP contribution is -2.60. The van der Waals surface area contributed by atoms with Crippen molar-refractivity contribution in [3.8, 4) is 0 Å². The van der Waals surface area contributed by atoms with Gasteiger partial charge in [0, 0.05) is 24.1 Å². The van der Waals surface area contributed by atoms with E-state index in [0.717, 1.165) is 25.8 Å². The lowest BCUT2D eigenvalue weighted by Gasteiger charge is -2.51. The first kappa shape index (κ1) is 13.9. The Morgan fingerprint density at radius 2 is 2.06 bits per heavy atom. The summed E-state index contributed by atoms with van der Waals surface area (Å²) in [4.78, 5) is 0. The van der Waals surface area contributed by atoms with Crippen molar-refractivity contribution in [1.29, 1.82) is 0 Å². The highest BCUT2D eigenvalue weighted by Crippen LogP contribution is 2.42. The average molecular weight is 228 g/mol. The Morgan fingerprint density at radius 3 is 2.50 bits per heavy atom. The molecule has 0 amide bonds. The Balaban J connectivity index is 2.16. The summed E-state index contributed by atoms with van der Waals surface area (Å²) < 4.78 is 5.43. The van der Waals surface area contributed by atoms with Crippen LogP contribution in [0.2, 0.25) is 0 Å². The van der Waals surface area contributed by atoms with E-state index in [4.69, 9.17) is 10.5 Å². The third kappa shape index (κ3) is 3.44. The first-order valence-electron chi connectivity index (χ1n) is 6.32. The van der Waals surface area contributed by atoms with Crippen LogP contribution in [-0.4, -0.2) is 31.3 Å². The monoisotopic (exact) mass is 228 g/mol. The third-order valence-electron chi connectivity index (χ3n) is 3.85. The minimum atomic E-state index is -0.0358. The number of nitrogens with one attached hydrogen (secondary N) is 1. The van der Waals surface area contributed by atoms with Gasteiger partial charge in [-0.1, -0.05) is 13.8 Å². The molecule has 2 atom stereocenters.